The van der Waals surface area contributed by atoms with Gasteiger partial charge in [-0.25, -0.2) is 19.6 Å². The van der Waals surface area contributed by atoms with E-state index in [9.17, 15) is 22.0 Å². The van der Waals surface area contributed by atoms with Gasteiger partial charge < -0.3 is 19.7 Å². The molecule has 12 heteroatoms. The summed E-state index contributed by atoms with van der Waals surface area (Å²) in [5.74, 6) is 0.459. The number of para-hydroxylation sites is 1. The Morgan fingerprint density at radius 2 is 2.06 bits per heavy atom. The molecule has 0 spiro atoms. The van der Waals surface area contributed by atoms with E-state index in [1.807, 2.05) is 11.8 Å². The van der Waals surface area contributed by atoms with Gasteiger partial charge in [-0.05, 0) is 25.8 Å². The first-order chi connectivity index (χ1) is 15.2. The molecule has 32 heavy (non-hydrogen) atoms. The number of nitrogens with zero attached hydrogens (tertiary/aromatic N) is 1. The zero-order valence-corrected chi connectivity index (χ0v) is 18.2. The van der Waals surface area contributed by atoms with Gasteiger partial charge in [0.25, 0.3) is 6.43 Å². The zero-order valence-electron chi connectivity index (χ0n) is 17.3. The lowest BCUT2D eigenvalue weighted by molar-refractivity contribution is -0.333. The summed E-state index contributed by atoms with van der Waals surface area (Å²) in [5.41, 5.74) is 2.95. The van der Waals surface area contributed by atoms with E-state index in [1.165, 1.54) is 18.2 Å². The summed E-state index contributed by atoms with van der Waals surface area (Å²) < 4.78 is 78.8. The largest absolute Gasteiger partial charge is 0.439 e. The Labute approximate surface area is 186 Å². The SMILES string of the molecule is CCN1CCCC(NC2NNC(C(F)F)S2)=C1Oc1ccccc1C1(C(F)(F)F)CCO1. The highest BCUT2D eigenvalue weighted by Crippen LogP contribution is 2.52. The monoisotopic (exact) mass is 480 g/mol. The van der Waals surface area contributed by atoms with Gasteiger partial charge in [0.2, 0.25) is 5.88 Å². The third-order valence-electron chi connectivity index (χ3n) is 5.74. The first-order valence-corrected chi connectivity index (χ1v) is 11.4. The van der Waals surface area contributed by atoms with Gasteiger partial charge >= 0.3 is 6.18 Å². The maximum absolute atomic E-state index is 13.9. The molecule has 3 aliphatic rings. The summed E-state index contributed by atoms with van der Waals surface area (Å²) in [4.78, 5) is 1.92. The molecule has 3 unspecified atom stereocenters. The van der Waals surface area contributed by atoms with Crippen LogP contribution in [0.3, 0.4) is 0 Å². The topological polar surface area (TPSA) is 57.8 Å². The lowest BCUT2D eigenvalue weighted by atomic mass is 9.85. The number of allylic oxidation sites excluding steroid dienone is 1. The molecular weight excluding hydrogens is 455 g/mol. The highest BCUT2D eigenvalue weighted by atomic mass is 32.2. The highest BCUT2D eigenvalue weighted by molar-refractivity contribution is 8.00. The van der Waals surface area contributed by atoms with Gasteiger partial charge in [0.15, 0.2) is 5.60 Å². The number of hydrogen-bond acceptors (Lipinski definition) is 7. The molecule has 6 nitrogen and oxygen atoms in total. The average Bonchev–Trinajstić information content (AvgIpc) is 3.17. The molecule has 3 heterocycles. The van der Waals surface area contributed by atoms with Crippen molar-refractivity contribution in [3.63, 3.8) is 0 Å². The Kier molecular flexibility index (Phi) is 6.76. The van der Waals surface area contributed by atoms with Crippen LogP contribution >= 0.6 is 11.8 Å². The maximum atomic E-state index is 13.9. The Morgan fingerprint density at radius 1 is 1.31 bits per heavy atom. The van der Waals surface area contributed by atoms with E-state index in [2.05, 4.69) is 16.2 Å². The van der Waals surface area contributed by atoms with Crippen molar-refractivity contribution in [2.75, 3.05) is 19.7 Å². The van der Waals surface area contributed by atoms with Crippen molar-refractivity contribution < 1.29 is 31.4 Å². The molecule has 0 aliphatic carbocycles. The molecular formula is C20H25F5N4O2S. The average molecular weight is 481 g/mol. The summed E-state index contributed by atoms with van der Waals surface area (Å²) in [6.45, 7) is 3.19. The van der Waals surface area contributed by atoms with Gasteiger partial charge in [-0.3, -0.25) is 0 Å². The van der Waals surface area contributed by atoms with Crippen molar-refractivity contribution >= 4 is 11.8 Å². The third-order valence-corrected chi connectivity index (χ3v) is 6.87. The molecule has 3 N–H and O–H groups in total. The van der Waals surface area contributed by atoms with E-state index >= 15 is 0 Å². The molecule has 1 aromatic rings. The van der Waals surface area contributed by atoms with Gasteiger partial charge in [0.1, 0.15) is 16.6 Å². The normalized spacial score (nSPS) is 28.8. The molecule has 2 saturated heterocycles. The van der Waals surface area contributed by atoms with E-state index < -0.39 is 29.1 Å². The van der Waals surface area contributed by atoms with Crippen molar-refractivity contribution in [3.05, 3.63) is 41.4 Å². The van der Waals surface area contributed by atoms with Crippen LogP contribution in [-0.4, -0.2) is 48.1 Å². The summed E-state index contributed by atoms with van der Waals surface area (Å²) in [6.07, 6.45) is -5.94. The fourth-order valence-electron chi connectivity index (χ4n) is 4.02. The molecule has 0 saturated carbocycles. The number of hydrazine groups is 1. The molecule has 178 valence electrons. The fourth-order valence-corrected chi connectivity index (χ4v) is 4.91. The van der Waals surface area contributed by atoms with E-state index in [0.29, 0.717) is 31.1 Å². The molecule has 3 atom stereocenters. The van der Waals surface area contributed by atoms with E-state index in [1.54, 1.807) is 6.07 Å². The second kappa shape index (κ2) is 9.24. The Hall–Kier alpha value is -1.76. The van der Waals surface area contributed by atoms with Gasteiger partial charge in [0.05, 0.1) is 12.3 Å². The molecule has 0 bridgehead atoms. The quantitative estimate of drug-likeness (QED) is 0.513. The van der Waals surface area contributed by atoms with Crippen molar-refractivity contribution in [1.82, 2.24) is 21.1 Å². The van der Waals surface area contributed by atoms with Crippen LogP contribution < -0.4 is 20.9 Å². The maximum Gasteiger partial charge on any atom is 0.421 e. The number of benzene rings is 1. The second-order valence-corrected chi connectivity index (χ2v) is 8.94. The zero-order chi connectivity index (χ0) is 22.9. The molecule has 2 fully saturated rings. The van der Waals surface area contributed by atoms with Crippen LogP contribution in [0.1, 0.15) is 31.7 Å². The van der Waals surface area contributed by atoms with Gasteiger partial charge in [-0.1, -0.05) is 30.0 Å². The molecule has 1 aromatic carbocycles. The van der Waals surface area contributed by atoms with Crippen LogP contribution in [0.2, 0.25) is 0 Å². The molecule has 0 aromatic heterocycles. The minimum Gasteiger partial charge on any atom is -0.439 e. The molecule has 0 radical (unpaired) electrons. The number of thioether (sulfide) groups is 1. The predicted molar refractivity (Wildman–Crippen MR) is 109 cm³/mol. The van der Waals surface area contributed by atoms with Crippen LogP contribution in [0.4, 0.5) is 22.0 Å². The number of rotatable bonds is 7. The van der Waals surface area contributed by atoms with Crippen LogP contribution in [0.15, 0.2) is 35.8 Å². The van der Waals surface area contributed by atoms with Crippen molar-refractivity contribution in [2.24, 2.45) is 0 Å². The summed E-state index contributed by atoms with van der Waals surface area (Å²) in [5, 5.41) is 2.11. The molecule has 3 aliphatic heterocycles. The van der Waals surface area contributed by atoms with E-state index in [-0.39, 0.29) is 24.3 Å². The van der Waals surface area contributed by atoms with Crippen molar-refractivity contribution in [2.45, 2.75) is 55.3 Å². The van der Waals surface area contributed by atoms with E-state index in [0.717, 1.165) is 18.2 Å². The van der Waals surface area contributed by atoms with Crippen molar-refractivity contribution in [3.8, 4) is 5.75 Å². The third kappa shape index (κ3) is 4.37. The van der Waals surface area contributed by atoms with Crippen LogP contribution in [0.25, 0.3) is 0 Å². The lowest BCUT2D eigenvalue weighted by Crippen LogP contribution is -2.53. The standard InChI is InChI=1S/C20H25F5N4O2S/c1-2-29-10-5-7-13(26-18-28-27-16(32-18)15(21)22)17(29)31-14-8-4-3-6-12(14)19(9-11-30-19)20(23,24)25/h3-4,6,8,15-16,18,26-28H,2,5,7,9-11H2,1H3. The van der Waals surface area contributed by atoms with Gasteiger partial charge in [-0.2, -0.15) is 13.2 Å². The molecule has 4 rings (SSSR count). The lowest BCUT2D eigenvalue weighted by Gasteiger charge is -2.44. The Bertz CT molecular complexity index is 850. The van der Waals surface area contributed by atoms with E-state index in [4.69, 9.17) is 9.47 Å². The van der Waals surface area contributed by atoms with Crippen LogP contribution in [0.5, 0.6) is 5.75 Å². The van der Waals surface area contributed by atoms with Crippen molar-refractivity contribution in [1.29, 1.82) is 0 Å². The minimum absolute atomic E-state index is 0.0211. The number of halogens is 5. The number of ether oxygens (including phenoxy) is 2. The van der Waals surface area contributed by atoms with Gasteiger partial charge in [0, 0.05) is 25.1 Å². The van der Waals surface area contributed by atoms with Crippen LogP contribution in [-0.2, 0) is 10.3 Å². The molecule has 0 amide bonds. The first-order valence-electron chi connectivity index (χ1n) is 10.4. The minimum atomic E-state index is -4.59. The summed E-state index contributed by atoms with van der Waals surface area (Å²) in [7, 11) is 0. The highest BCUT2D eigenvalue weighted by Gasteiger charge is 2.62. The number of alkyl halides is 5. The summed E-state index contributed by atoms with van der Waals surface area (Å²) >= 11 is 0.993. The second-order valence-electron chi connectivity index (χ2n) is 7.69. The Morgan fingerprint density at radius 3 is 2.66 bits per heavy atom. The smallest absolute Gasteiger partial charge is 0.421 e. The fraction of sp³-hybridized carbons (Fsp3) is 0.600. The van der Waals surface area contributed by atoms with Crippen LogP contribution in [0, 0.1) is 0 Å². The number of nitrogens with one attached hydrogen (secondary N) is 3. The predicted octanol–water partition coefficient (Wildman–Crippen LogP) is 3.83. The first kappa shape index (κ1) is 23.4. The number of hydrogen-bond donors (Lipinski definition) is 3. The van der Waals surface area contributed by atoms with Gasteiger partial charge in [-0.15, -0.1) is 0 Å². The summed E-state index contributed by atoms with van der Waals surface area (Å²) in [6, 6.07) is 6.01. The Balaban J connectivity index is 1.63.